The van der Waals surface area contributed by atoms with Gasteiger partial charge in [0.1, 0.15) is 6.54 Å². The highest BCUT2D eigenvalue weighted by Crippen LogP contribution is 2.29. The van der Waals surface area contributed by atoms with E-state index in [9.17, 15) is 14.4 Å². The van der Waals surface area contributed by atoms with Crippen molar-refractivity contribution in [1.29, 1.82) is 0 Å². The van der Waals surface area contributed by atoms with Crippen molar-refractivity contribution in [3.63, 3.8) is 0 Å². The highest BCUT2D eigenvalue weighted by Gasteiger charge is 2.40. The molecule has 2 heterocycles. The highest BCUT2D eigenvalue weighted by atomic mass is 16.2. The third-order valence-electron chi connectivity index (χ3n) is 4.45. The second-order valence-corrected chi connectivity index (χ2v) is 5.93. The van der Waals surface area contributed by atoms with Gasteiger partial charge in [-0.1, -0.05) is 30.3 Å². The van der Waals surface area contributed by atoms with Gasteiger partial charge >= 0.3 is 0 Å². The van der Waals surface area contributed by atoms with E-state index in [-0.39, 0.29) is 30.7 Å². The second-order valence-electron chi connectivity index (χ2n) is 5.93. The van der Waals surface area contributed by atoms with Gasteiger partial charge in [0.2, 0.25) is 17.7 Å². The smallest absolute Gasteiger partial charge is 0.242 e. The summed E-state index contributed by atoms with van der Waals surface area (Å²) in [6, 6.07) is 9.29. The molecule has 2 fully saturated rings. The van der Waals surface area contributed by atoms with E-state index in [2.05, 4.69) is 0 Å². The number of carbonyl (C=O) groups excluding carboxylic acids is 3. The van der Waals surface area contributed by atoms with Crippen molar-refractivity contribution in [2.45, 2.75) is 31.6 Å². The fourth-order valence-electron chi connectivity index (χ4n) is 3.17. The third-order valence-corrected chi connectivity index (χ3v) is 4.45. The maximum absolute atomic E-state index is 12.5. The Balaban J connectivity index is 1.68. The predicted octanol–water partition coefficient (Wildman–Crippen LogP) is 1.54. The van der Waals surface area contributed by atoms with Gasteiger partial charge in [-0.15, -0.1) is 0 Å². The van der Waals surface area contributed by atoms with Crippen LogP contribution in [0.5, 0.6) is 0 Å². The van der Waals surface area contributed by atoms with Crippen molar-refractivity contribution in [2.24, 2.45) is 0 Å². The molecular formula is C17H20N2O3. The number of carbonyl (C=O) groups is 3. The number of hydrogen-bond donors (Lipinski definition) is 0. The minimum Gasteiger partial charge on any atom is -0.341 e. The van der Waals surface area contributed by atoms with Crippen molar-refractivity contribution >= 4 is 17.7 Å². The van der Waals surface area contributed by atoms with Crippen molar-refractivity contribution < 1.29 is 14.4 Å². The third kappa shape index (κ3) is 2.89. The van der Waals surface area contributed by atoms with E-state index in [0.717, 1.165) is 42.8 Å². The van der Waals surface area contributed by atoms with E-state index >= 15 is 0 Å². The standard InChI is InChI=1S/C17H20N2O3/c20-15-11-14(13-7-3-1-4-8-13)17(22)19(15)12-16(21)18-9-5-2-6-10-18/h1,3-4,7-8,14H,2,5-6,9-12H2. The Morgan fingerprint density at radius 2 is 1.73 bits per heavy atom. The van der Waals surface area contributed by atoms with Crippen LogP contribution >= 0.6 is 0 Å². The summed E-state index contributed by atoms with van der Waals surface area (Å²) in [6.45, 7) is 1.36. The molecule has 0 radical (unpaired) electrons. The molecule has 0 aliphatic carbocycles. The predicted molar refractivity (Wildman–Crippen MR) is 81.0 cm³/mol. The van der Waals surface area contributed by atoms with Crippen LogP contribution in [0.4, 0.5) is 0 Å². The van der Waals surface area contributed by atoms with Crippen LogP contribution in [0, 0.1) is 0 Å². The minimum atomic E-state index is -0.442. The summed E-state index contributed by atoms with van der Waals surface area (Å²) >= 11 is 0. The lowest BCUT2D eigenvalue weighted by molar-refractivity contribution is -0.146. The molecule has 116 valence electrons. The van der Waals surface area contributed by atoms with Gasteiger partial charge in [0.25, 0.3) is 0 Å². The maximum atomic E-state index is 12.5. The first kappa shape index (κ1) is 14.8. The van der Waals surface area contributed by atoms with Gasteiger partial charge in [0.15, 0.2) is 0 Å². The van der Waals surface area contributed by atoms with Crippen LogP contribution in [0.25, 0.3) is 0 Å². The Kier molecular flexibility index (Phi) is 4.22. The van der Waals surface area contributed by atoms with Crippen LogP contribution in [-0.2, 0) is 14.4 Å². The molecule has 2 saturated heterocycles. The lowest BCUT2D eigenvalue weighted by Gasteiger charge is -2.28. The normalized spacial score (nSPS) is 22.3. The molecule has 1 aromatic carbocycles. The first-order valence-electron chi connectivity index (χ1n) is 7.84. The Bertz CT molecular complexity index is 579. The number of imide groups is 1. The van der Waals surface area contributed by atoms with Gasteiger partial charge in [-0.05, 0) is 24.8 Å². The number of amides is 3. The Morgan fingerprint density at radius 3 is 2.41 bits per heavy atom. The van der Waals surface area contributed by atoms with Gasteiger partial charge in [0, 0.05) is 19.5 Å². The van der Waals surface area contributed by atoms with Gasteiger partial charge in [-0.25, -0.2) is 0 Å². The molecule has 1 unspecified atom stereocenters. The van der Waals surface area contributed by atoms with Crippen LogP contribution in [-0.4, -0.2) is 47.2 Å². The van der Waals surface area contributed by atoms with Gasteiger partial charge in [-0.3, -0.25) is 19.3 Å². The lowest BCUT2D eigenvalue weighted by atomic mass is 9.98. The molecule has 3 rings (SSSR count). The fraction of sp³-hybridized carbons (Fsp3) is 0.471. The number of rotatable bonds is 3. The molecule has 1 aromatic rings. The summed E-state index contributed by atoms with van der Waals surface area (Å²) in [4.78, 5) is 39.8. The van der Waals surface area contributed by atoms with E-state index in [1.54, 1.807) is 4.90 Å². The van der Waals surface area contributed by atoms with E-state index in [4.69, 9.17) is 0 Å². The van der Waals surface area contributed by atoms with Crippen LogP contribution < -0.4 is 0 Å². The van der Waals surface area contributed by atoms with Gasteiger partial charge in [-0.2, -0.15) is 0 Å². The molecule has 1 atom stereocenters. The zero-order valence-electron chi connectivity index (χ0n) is 12.5. The van der Waals surface area contributed by atoms with E-state index in [1.165, 1.54) is 0 Å². The Hall–Kier alpha value is -2.17. The van der Waals surface area contributed by atoms with Crippen molar-refractivity contribution in [3.05, 3.63) is 35.9 Å². The molecular weight excluding hydrogens is 280 g/mol. The van der Waals surface area contributed by atoms with Crippen molar-refractivity contribution in [1.82, 2.24) is 9.80 Å². The number of benzene rings is 1. The topological polar surface area (TPSA) is 57.7 Å². The molecule has 3 amide bonds. The molecule has 0 aromatic heterocycles. The van der Waals surface area contributed by atoms with Gasteiger partial charge < -0.3 is 4.90 Å². The largest absolute Gasteiger partial charge is 0.341 e. The molecule has 22 heavy (non-hydrogen) atoms. The van der Waals surface area contributed by atoms with Crippen LogP contribution in [0.2, 0.25) is 0 Å². The number of hydrogen-bond acceptors (Lipinski definition) is 3. The molecule has 5 nitrogen and oxygen atoms in total. The average Bonchev–Trinajstić information content (AvgIpc) is 2.84. The summed E-state index contributed by atoms with van der Waals surface area (Å²) in [5, 5.41) is 0. The van der Waals surface area contributed by atoms with E-state index < -0.39 is 5.92 Å². The summed E-state index contributed by atoms with van der Waals surface area (Å²) < 4.78 is 0. The Labute approximate surface area is 129 Å². The first-order valence-corrected chi connectivity index (χ1v) is 7.84. The fourth-order valence-corrected chi connectivity index (χ4v) is 3.17. The zero-order valence-corrected chi connectivity index (χ0v) is 12.5. The quantitative estimate of drug-likeness (QED) is 0.796. The van der Waals surface area contributed by atoms with Crippen molar-refractivity contribution in [3.8, 4) is 0 Å². The van der Waals surface area contributed by atoms with Crippen LogP contribution in [0.15, 0.2) is 30.3 Å². The van der Waals surface area contributed by atoms with Gasteiger partial charge in [0.05, 0.1) is 5.92 Å². The monoisotopic (exact) mass is 300 g/mol. The van der Waals surface area contributed by atoms with Crippen LogP contribution in [0.1, 0.15) is 37.2 Å². The van der Waals surface area contributed by atoms with E-state index in [1.807, 2.05) is 30.3 Å². The molecule has 2 aliphatic heterocycles. The summed E-state index contributed by atoms with van der Waals surface area (Å²) in [5.41, 5.74) is 0.841. The molecule has 5 heteroatoms. The maximum Gasteiger partial charge on any atom is 0.242 e. The van der Waals surface area contributed by atoms with Crippen molar-refractivity contribution in [2.75, 3.05) is 19.6 Å². The summed E-state index contributed by atoms with van der Waals surface area (Å²) in [5.74, 6) is -1.05. The number of likely N-dealkylation sites (tertiary alicyclic amines) is 2. The Morgan fingerprint density at radius 1 is 1.05 bits per heavy atom. The molecule has 0 N–H and O–H groups in total. The molecule has 0 spiro atoms. The SMILES string of the molecule is O=C(CN1C(=O)CC(c2ccccc2)C1=O)N1CCCCC1. The van der Waals surface area contributed by atoms with E-state index in [0.29, 0.717) is 0 Å². The molecule has 0 bridgehead atoms. The highest BCUT2D eigenvalue weighted by molar-refractivity contribution is 6.08. The number of piperidine rings is 1. The summed E-state index contributed by atoms with van der Waals surface area (Å²) in [6.07, 6.45) is 3.30. The zero-order chi connectivity index (χ0) is 15.5. The average molecular weight is 300 g/mol. The van der Waals surface area contributed by atoms with Crippen LogP contribution in [0.3, 0.4) is 0 Å². The number of nitrogens with zero attached hydrogens (tertiary/aromatic N) is 2. The second kappa shape index (κ2) is 6.30. The summed E-state index contributed by atoms with van der Waals surface area (Å²) in [7, 11) is 0. The lowest BCUT2D eigenvalue weighted by Crippen LogP contribution is -2.44. The minimum absolute atomic E-state index is 0.110. The molecule has 0 saturated carbocycles. The first-order chi connectivity index (χ1) is 10.7. The molecule has 2 aliphatic rings.